The molecule has 0 fully saturated rings. The van der Waals surface area contributed by atoms with Crippen molar-refractivity contribution in [2.24, 2.45) is 12.8 Å². The second-order valence-corrected chi connectivity index (χ2v) is 6.39. The lowest BCUT2D eigenvalue weighted by Crippen LogP contribution is -2.31. The van der Waals surface area contributed by atoms with Gasteiger partial charge in [-0.2, -0.15) is 8.42 Å². The van der Waals surface area contributed by atoms with Gasteiger partial charge in [0.25, 0.3) is 10.0 Å². The number of anilines is 1. The van der Waals surface area contributed by atoms with E-state index in [4.69, 9.17) is 5.73 Å². The second kappa shape index (κ2) is 4.07. The summed E-state index contributed by atoms with van der Waals surface area (Å²) in [5.74, 6) is 0. The number of aromatic nitrogens is 2. The van der Waals surface area contributed by atoms with Crippen LogP contribution in [0.25, 0.3) is 0 Å². The van der Waals surface area contributed by atoms with Gasteiger partial charge in [-0.3, -0.25) is 4.31 Å². The number of fused-ring (bicyclic) bond motifs is 1. The molecule has 1 atom stereocenters. The zero-order valence-corrected chi connectivity index (χ0v) is 11.2. The number of nitrogens with two attached hydrogens (primary N) is 1. The smallest absolute Gasteiger partial charge is 0.283 e. The molecule has 0 radical (unpaired) electrons. The summed E-state index contributed by atoms with van der Waals surface area (Å²) in [6.45, 7) is 0.248. The van der Waals surface area contributed by atoms with E-state index in [1.807, 2.05) is 12.1 Å². The van der Waals surface area contributed by atoms with Crippen molar-refractivity contribution in [3.05, 3.63) is 42.4 Å². The maximum atomic E-state index is 12.6. The predicted molar refractivity (Wildman–Crippen MR) is 71.1 cm³/mol. The molecule has 0 bridgehead atoms. The second-order valence-electron chi connectivity index (χ2n) is 4.58. The number of nitrogens with zero attached hydrogens (tertiary/aromatic N) is 3. The lowest BCUT2D eigenvalue weighted by molar-refractivity contribution is 0.586. The summed E-state index contributed by atoms with van der Waals surface area (Å²) >= 11 is 0. The summed E-state index contributed by atoms with van der Waals surface area (Å²) < 4.78 is 28.0. The molecule has 0 saturated heterocycles. The van der Waals surface area contributed by atoms with Gasteiger partial charge in [-0.05, 0) is 11.6 Å². The fourth-order valence-electron chi connectivity index (χ4n) is 2.27. The first-order chi connectivity index (χ1) is 9.00. The molecule has 1 aromatic carbocycles. The largest absolute Gasteiger partial charge is 0.339 e. The van der Waals surface area contributed by atoms with Crippen molar-refractivity contribution in [3.63, 3.8) is 0 Å². The Bertz CT molecular complexity index is 723. The quantitative estimate of drug-likeness (QED) is 0.873. The Morgan fingerprint density at radius 1 is 1.37 bits per heavy atom. The van der Waals surface area contributed by atoms with E-state index < -0.39 is 10.0 Å². The lowest BCUT2D eigenvalue weighted by Gasteiger charge is -2.17. The maximum Gasteiger partial charge on any atom is 0.283 e. The van der Waals surface area contributed by atoms with Gasteiger partial charge in [-0.1, -0.05) is 18.2 Å². The van der Waals surface area contributed by atoms with Crippen molar-refractivity contribution >= 4 is 15.7 Å². The van der Waals surface area contributed by atoms with Gasteiger partial charge >= 0.3 is 0 Å². The molecule has 6 nitrogen and oxygen atoms in total. The van der Waals surface area contributed by atoms with Gasteiger partial charge in [0.15, 0.2) is 5.03 Å². The minimum Gasteiger partial charge on any atom is -0.339 e. The Balaban J connectivity index is 2.09. The lowest BCUT2D eigenvalue weighted by atomic mass is 10.1. The van der Waals surface area contributed by atoms with Crippen LogP contribution in [-0.4, -0.2) is 24.5 Å². The minimum atomic E-state index is -3.64. The number of benzene rings is 1. The first-order valence-electron chi connectivity index (χ1n) is 5.85. The highest BCUT2D eigenvalue weighted by atomic mass is 32.2. The van der Waals surface area contributed by atoms with E-state index in [0.717, 1.165) is 5.56 Å². The highest BCUT2D eigenvalue weighted by molar-refractivity contribution is 7.92. The molecule has 100 valence electrons. The summed E-state index contributed by atoms with van der Waals surface area (Å²) in [6.07, 6.45) is 2.95. The van der Waals surface area contributed by atoms with E-state index in [9.17, 15) is 8.42 Å². The summed E-state index contributed by atoms with van der Waals surface area (Å²) in [7, 11) is -1.91. The molecular weight excluding hydrogens is 264 g/mol. The van der Waals surface area contributed by atoms with Crippen molar-refractivity contribution in [1.82, 2.24) is 9.55 Å². The highest BCUT2D eigenvalue weighted by Crippen LogP contribution is 2.36. The fourth-order valence-corrected chi connectivity index (χ4v) is 3.75. The molecule has 2 N–H and O–H groups in total. The van der Waals surface area contributed by atoms with Crippen LogP contribution >= 0.6 is 0 Å². The molecule has 3 rings (SSSR count). The molecular formula is C12H14N4O2S. The summed E-state index contributed by atoms with van der Waals surface area (Å²) in [6, 6.07) is 6.99. The Morgan fingerprint density at radius 3 is 2.79 bits per heavy atom. The average Bonchev–Trinajstić information content (AvgIpc) is 2.95. The van der Waals surface area contributed by atoms with Gasteiger partial charge in [0, 0.05) is 13.2 Å². The molecule has 1 aliphatic rings. The van der Waals surface area contributed by atoms with Gasteiger partial charge in [0.2, 0.25) is 0 Å². The zero-order chi connectivity index (χ0) is 13.6. The van der Waals surface area contributed by atoms with E-state index in [2.05, 4.69) is 4.98 Å². The van der Waals surface area contributed by atoms with E-state index in [1.54, 1.807) is 23.7 Å². The van der Waals surface area contributed by atoms with Crippen LogP contribution in [0.1, 0.15) is 11.6 Å². The maximum absolute atomic E-state index is 12.6. The zero-order valence-electron chi connectivity index (χ0n) is 10.4. The predicted octanol–water partition coefficient (Wildman–Crippen LogP) is 0.629. The molecule has 0 saturated carbocycles. The molecule has 0 aliphatic carbocycles. The average molecular weight is 278 g/mol. The third-order valence-electron chi connectivity index (χ3n) is 3.20. The SMILES string of the molecule is Cn1cnc(S(=O)(=O)N2C[C@@H](N)c3ccccc32)c1. The number of hydrogen-bond acceptors (Lipinski definition) is 4. The first kappa shape index (κ1) is 12.2. The van der Waals surface area contributed by atoms with Gasteiger partial charge in [0.05, 0.1) is 24.6 Å². The Labute approximate surface area is 111 Å². The van der Waals surface area contributed by atoms with Gasteiger partial charge in [-0.15, -0.1) is 0 Å². The number of hydrogen-bond donors (Lipinski definition) is 1. The van der Waals surface area contributed by atoms with Gasteiger partial charge in [0.1, 0.15) is 0 Å². The third kappa shape index (κ3) is 1.82. The molecule has 2 aromatic rings. The van der Waals surface area contributed by atoms with Crippen LogP contribution in [0.5, 0.6) is 0 Å². The standard InChI is InChI=1S/C12H14N4O2S/c1-15-7-12(14-8-15)19(17,18)16-6-10(13)9-4-2-3-5-11(9)16/h2-5,7-8,10H,6,13H2,1H3/t10-/m1/s1. The van der Waals surface area contributed by atoms with Crippen LogP contribution in [0.3, 0.4) is 0 Å². The van der Waals surface area contributed by atoms with E-state index in [-0.39, 0.29) is 17.6 Å². The molecule has 0 unspecified atom stereocenters. The summed E-state index contributed by atoms with van der Waals surface area (Å²) in [5.41, 5.74) is 7.47. The van der Waals surface area contributed by atoms with E-state index in [0.29, 0.717) is 5.69 Å². The summed E-state index contributed by atoms with van der Waals surface area (Å²) in [4.78, 5) is 3.92. The highest BCUT2D eigenvalue weighted by Gasteiger charge is 2.35. The first-order valence-corrected chi connectivity index (χ1v) is 7.29. The molecule has 19 heavy (non-hydrogen) atoms. The van der Waals surface area contributed by atoms with Gasteiger partial charge in [-0.25, -0.2) is 4.98 Å². The molecule has 1 aromatic heterocycles. The number of para-hydroxylation sites is 1. The van der Waals surface area contributed by atoms with Crippen molar-refractivity contribution < 1.29 is 8.42 Å². The van der Waals surface area contributed by atoms with Gasteiger partial charge < -0.3 is 10.3 Å². The van der Waals surface area contributed by atoms with Crippen LogP contribution in [0.2, 0.25) is 0 Å². The molecule has 0 spiro atoms. The van der Waals surface area contributed by atoms with Crippen LogP contribution in [-0.2, 0) is 17.1 Å². The monoisotopic (exact) mass is 278 g/mol. The van der Waals surface area contributed by atoms with Crippen LogP contribution in [0.15, 0.2) is 41.8 Å². The summed E-state index contributed by atoms with van der Waals surface area (Å²) in [5, 5.41) is 0.0407. The third-order valence-corrected chi connectivity index (χ3v) is 4.87. The van der Waals surface area contributed by atoms with Crippen LogP contribution in [0, 0.1) is 0 Å². The molecule has 1 aliphatic heterocycles. The molecule has 0 amide bonds. The van der Waals surface area contributed by atoms with Crippen molar-refractivity contribution in [2.75, 3.05) is 10.8 Å². The Morgan fingerprint density at radius 2 is 2.11 bits per heavy atom. The normalized spacial score (nSPS) is 18.6. The van der Waals surface area contributed by atoms with Crippen molar-refractivity contribution in [3.8, 4) is 0 Å². The van der Waals surface area contributed by atoms with Crippen LogP contribution in [0.4, 0.5) is 5.69 Å². The fraction of sp³-hybridized carbons (Fsp3) is 0.250. The molecule has 2 heterocycles. The number of rotatable bonds is 2. The van der Waals surface area contributed by atoms with Crippen molar-refractivity contribution in [1.29, 1.82) is 0 Å². The topological polar surface area (TPSA) is 81.2 Å². The minimum absolute atomic E-state index is 0.0407. The molecule has 7 heteroatoms. The van der Waals surface area contributed by atoms with Crippen LogP contribution < -0.4 is 10.0 Å². The number of aryl methyl sites for hydroxylation is 1. The van der Waals surface area contributed by atoms with E-state index in [1.165, 1.54) is 16.8 Å². The Kier molecular flexibility index (Phi) is 2.61. The number of sulfonamides is 1. The number of imidazole rings is 1. The van der Waals surface area contributed by atoms with Crippen molar-refractivity contribution in [2.45, 2.75) is 11.1 Å². The Hall–Kier alpha value is -1.86. The van der Waals surface area contributed by atoms with E-state index >= 15 is 0 Å².